The van der Waals surface area contributed by atoms with Crippen LogP contribution < -0.4 is 26.1 Å². The zero-order valence-corrected chi connectivity index (χ0v) is 16.6. The summed E-state index contributed by atoms with van der Waals surface area (Å²) in [5, 5.41) is 0. The third-order valence-corrected chi connectivity index (χ3v) is 3.67. The van der Waals surface area contributed by atoms with Gasteiger partial charge in [-0.1, -0.05) is 24.3 Å². The van der Waals surface area contributed by atoms with Crippen LogP contribution in [0.5, 0.6) is 11.5 Å². The van der Waals surface area contributed by atoms with E-state index in [9.17, 15) is 19.2 Å². The van der Waals surface area contributed by atoms with E-state index < -0.39 is 30.3 Å². The molecule has 0 aliphatic rings. The van der Waals surface area contributed by atoms with Gasteiger partial charge in [-0.3, -0.25) is 25.2 Å². The Balaban J connectivity index is 1.80. The van der Waals surface area contributed by atoms with Gasteiger partial charge in [0.15, 0.2) is 24.7 Å². The number of hydrogen-bond acceptors (Lipinski definition) is 7. The number of primary amides is 1. The zero-order valence-electron chi connectivity index (χ0n) is 16.6. The highest BCUT2D eigenvalue weighted by molar-refractivity contribution is 5.95. The fourth-order valence-electron chi connectivity index (χ4n) is 2.23. The number of hydrogen-bond donors (Lipinski definition) is 3. The second kappa shape index (κ2) is 11.6. The average molecular weight is 427 g/mol. The van der Waals surface area contributed by atoms with Crippen molar-refractivity contribution in [1.29, 1.82) is 0 Å². The molecule has 0 atom stereocenters. The van der Waals surface area contributed by atoms with E-state index >= 15 is 0 Å². The summed E-state index contributed by atoms with van der Waals surface area (Å²) < 4.78 is 15.2. The van der Waals surface area contributed by atoms with E-state index in [1.165, 1.54) is 13.2 Å². The number of carbonyl (C=O) groups is 4. The van der Waals surface area contributed by atoms with E-state index in [0.717, 1.165) is 6.08 Å². The summed E-state index contributed by atoms with van der Waals surface area (Å²) in [5.41, 5.74) is 10.3. The van der Waals surface area contributed by atoms with Crippen molar-refractivity contribution in [3.05, 3.63) is 65.7 Å². The molecular weight excluding hydrogens is 406 g/mol. The summed E-state index contributed by atoms with van der Waals surface area (Å²) in [6.07, 6.45) is 2.56. The molecule has 0 bridgehead atoms. The molecule has 2 aromatic rings. The van der Waals surface area contributed by atoms with Crippen molar-refractivity contribution in [2.45, 2.75) is 0 Å². The molecule has 0 spiro atoms. The summed E-state index contributed by atoms with van der Waals surface area (Å²) in [6.45, 7) is -0.882. The van der Waals surface area contributed by atoms with E-state index in [-0.39, 0.29) is 6.61 Å². The SMILES string of the molecule is COc1cc(/C=C/C(=O)OCC(=O)NNC(=O)c2ccccc2)ccc1OCC(N)=O. The normalized spacial score (nSPS) is 10.2. The van der Waals surface area contributed by atoms with Crippen LogP contribution in [-0.4, -0.2) is 44.0 Å². The van der Waals surface area contributed by atoms with Crippen LogP contribution in [0.4, 0.5) is 0 Å². The largest absolute Gasteiger partial charge is 0.493 e. The van der Waals surface area contributed by atoms with Gasteiger partial charge in [0, 0.05) is 11.6 Å². The number of nitrogens with one attached hydrogen (secondary N) is 2. The second-order valence-corrected chi connectivity index (χ2v) is 5.97. The first-order valence-corrected chi connectivity index (χ1v) is 8.97. The molecule has 2 aromatic carbocycles. The maximum atomic E-state index is 11.8. The summed E-state index contributed by atoms with van der Waals surface area (Å²) in [5.74, 6) is -1.95. The van der Waals surface area contributed by atoms with Gasteiger partial charge in [-0.25, -0.2) is 4.79 Å². The van der Waals surface area contributed by atoms with Crippen LogP contribution >= 0.6 is 0 Å². The number of benzene rings is 2. The predicted octanol–water partition coefficient (Wildman–Crippen LogP) is 0.577. The third-order valence-electron chi connectivity index (χ3n) is 3.67. The van der Waals surface area contributed by atoms with Gasteiger partial charge in [0.25, 0.3) is 17.7 Å². The Hall–Kier alpha value is -4.34. The van der Waals surface area contributed by atoms with Crippen LogP contribution in [0.25, 0.3) is 6.08 Å². The Labute approximate surface area is 177 Å². The minimum absolute atomic E-state index is 0.300. The first kappa shape index (κ1) is 22.9. The number of methoxy groups -OCH3 is 1. The topological polar surface area (TPSA) is 146 Å². The molecule has 0 unspecified atom stereocenters. The highest BCUT2D eigenvalue weighted by Gasteiger charge is 2.09. The lowest BCUT2D eigenvalue weighted by Crippen LogP contribution is -2.43. The van der Waals surface area contributed by atoms with Crippen LogP contribution in [0, 0.1) is 0 Å². The summed E-state index contributed by atoms with van der Waals surface area (Å²) >= 11 is 0. The van der Waals surface area contributed by atoms with Gasteiger partial charge in [-0.2, -0.15) is 0 Å². The number of carbonyl (C=O) groups excluding carboxylic acids is 4. The summed E-state index contributed by atoms with van der Waals surface area (Å²) in [6, 6.07) is 13.0. The monoisotopic (exact) mass is 427 g/mol. The van der Waals surface area contributed by atoms with E-state index in [1.54, 1.807) is 48.5 Å². The molecule has 0 aliphatic heterocycles. The van der Waals surface area contributed by atoms with Crippen molar-refractivity contribution in [3.63, 3.8) is 0 Å². The van der Waals surface area contributed by atoms with E-state index in [1.807, 2.05) is 0 Å². The van der Waals surface area contributed by atoms with Crippen LogP contribution in [0.15, 0.2) is 54.6 Å². The fraction of sp³-hybridized carbons (Fsp3) is 0.143. The Morgan fingerprint density at radius 3 is 2.39 bits per heavy atom. The lowest BCUT2D eigenvalue weighted by atomic mass is 10.2. The van der Waals surface area contributed by atoms with Crippen molar-refractivity contribution >= 4 is 29.8 Å². The molecular formula is C21H21N3O7. The van der Waals surface area contributed by atoms with Gasteiger partial charge in [0.2, 0.25) is 0 Å². The summed E-state index contributed by atoms with van der Waals surface area (Å²) in [7, 11) is 1.42. The van der Waals surface area contributed by atoms with Gasteiger partial charge in [0.05, 0.1) is 7.11 Å². The van der Waals surface area contributed by atoms with E-state index in [0.29, 0.717) is 22.6 Å². The first-order valence-electron chi connectivity index (χ1n) is 8.97. The second-order valence-electron chi connectivity index (χ2n) is 5.97. The Kier molecular flexibility index (Phi) is 8.59. The molecule has 2 rings (SSSR count). The molecule has 3 amide bonds. The van der Waals surface area contributed by atoms with Crippen LogP contribution in [-0.2, 0) is 19.1 Å². The number of ether oxygens (including phenoxy) is 3. The Bertz CT molecular complexity index is 974. The number of hydrazine groups is 1. The van der Waals surface area contributed by atoms with Gasteiger partial charge in [-0.05, 0) is 35.9 Å². The number of amides is 3. The van der Waals surface area contributed by atoms with Gasteiger partial charge in [0.1, 0.15) is 0 Å². The Morgan fingerprint density at radius 1 is 0.968 bits per heavy atom. The molecule has 10 nitrogen and oxygen atoms in total. The quantitative estimate of drug-likeness (QED) is 0.301. The molecule has 0 aromatic heterocycles. The number of rotatable bonds is 9. The van der Waals surface area contributed by atoms with Gasteiger partial charge < -0.3 is 19.9 Å². The smallest absolute Gasteiger partial charge is 0.331 e. The van der Waals surface area contributed by atoms with Crippen molar-refractivity contribution in [3.8, 4) is 11.5 Å². The van der Waals surface area contributed by atoms with Crippen molar-refractivity contribution in [2.24, 2.45) is 5.73 Å². The third kappa shape index (κ3) is 7.89. The average Bonchev–Trinajstić information content (AvgIpc) is 2.79. The minimum Gasteiger partial charge on any atom is -0.493 e. The zero-order chi connectivity index (χ0) is 22.6. The van der Waals surface area contributed by atoms with E-state index in [2.05, 4.69) is 10.9 Å². The van der Waals surface area contributed by atoms with Crippen LogP contribution in [0.1, 0.15) is 15.9 Å². The highest BCUT2D eigenvalue weighted by Crippen LogP contribution is 2.28. The highest BCUT2D eigenvalue weighted by atomic mass is 16.5. The molecule has 0 radical (unpaired) electrons. The minimum atomic E-state index is -0.766. The first-order chi connectivity index (χ1) is 14.9. The molecule has 0 fully saturated rings. The molecule has 0 saturated carbocycles. The molecule has 10 heteroatoms. The van der Waals surface area contributed by atoms with Crippen molar-refractivity contribution < 1.29 is 33.4 Å². The van der Waals surface area contributed by atoms with Crippen LogP contribution in [0.2, 0.25) is 0 Å². The predicted molar refractivity (Wildman–Crippen MR) is 110 cm³/mol. The number of esters is 1. The number of nitrogens with two attached hydrogens (primary N) is 1. The maximum absolute atomic E-state index is 11.8. The maximum Gasteiger partial charge on any atom is 0.331 e. The standard InChI is InChI=1S/C21H21N3O7/c1-29-17-11-14(7-9-16(17)30-12-18(22)25)8-10-20(27)31-13-19(26)23-24-21(28)15-5-3-2-4-6-15/h2-11H,12-13H2,1H3,(H2,22,25)(H,23,26)(H,24,28)/b10-8+. The molecule has 0 heterocycles. The summed E-state index contributed by atoms with van der Waals surface area (Å²) in [4.78, 5) is 46.1. The molecule has 0 saturated heterocycles. The lowest BCUT2D eigenvalue weighted by molar-refractivity contribution is -0.144. The van der Waals surface area contributed by atoms with Gasteiger partial charge in [-0.15, -0.1) is 0 Å². The van der Waals surface area contributed by atoms with E-state index in [4.69, 9.17) is 19.9 Å². The lowest BCUT2D eigenvalue weighted by Gasteiger charge is -2.10. The molecule has 162 valence electrons. The Morgan fingerprint density at radius 2 is 1.71 bits per heavy atom. The molecule has 0 aliphatic carbocycles. The molecule has 4 N–H and O–H groups in total. The fourth-order valence-corrected chi connectivity index (χ4v) is 2.23. The van der Waals surface area contributed by atoms with Gasteiger partial charge >= 0.3 is 5.97 Å². The van der Waals surface area contributed by atoms with Crippen LogP contribution in [0.3, 0.4) is 0 Å². The molecule has 31 heavy (non-hydrogen) atoms. The van der Waals surface area contributed by atoms with Crippen molar-refractivity contribution in [1.82, 2.24) is 10.9 Å². The van der Waals surface area contributed by atoms with Crippen molar-refractivity contribution in [2.75, 3.05) is 20.3 Å².